The van der Waals surface area contributed by atoms with E-state index in [9.17, 15) is 87.9 Å². The second-order valence-electron chi connectivity index (χ2n) is 13.4. The zero-order valence-electron chi connectivity index (χ0n) is 33.1. The van der Waals surface area contributed by atoms with E-state index in [0.717, 1.165) is 35.4 Å². The number of carboxylic acids is 4. The fraction of sp³-hybridized carbons (Fsp3) is 0.606. The Morgan fingerprint density at radius 2 is 1.06 bits per heavy atom. The molecule has 0 aromatic heterocycles. The van der Waals surface area contributed by atoms with E-state index in [1.54, 1.807) is 0 Å². The molecule has 0 saturated carbocycles. The van der Waals surface area contributed by atoms with Crippen molar-refractivity contribution in [1.82, 2.24) is 42.5 Å². The molecule has 0 aromatic rings. The number of carbonyl (C=O) groups excluding carboxylic acids is 9. The average Bonchev–Trinajstić information content (AvgIpc) is 3.16. The number of aliphatic hydroxyl groups is 1. The molecular formula is C33H49N9O18S2. The molecule has 1 aliphatic heterocycles. The highest BCUT2D eigenvalue weighted by atomic mass is 33.1. The van der Waals surface area contributed by atoms with Crippen molar-refractivity contribution in [2.45, 2.75) is 107 Å². The van der Waals surface area contributed by atoms with E-state index < -0.39 is 177 Å². The van der Waals surface area contributed by atoms with Crippen molar-refractivity contribution in [2.24, 2.45) is 5.73 Å². The highest BCUT2D eigenvalue weighted by Crippen LogP contribution is 2.23. The van der Waals surface area contributed by atoms with Crippen molar-refractivity contribution in [1.29, 1.82) is 0 Å². The minimum atomic E-state index is -1.99. The minimum absolute atomic E-state index is 0.316. The van der Waals surface area contributed by atoms with E-state index in [1.165, 1.54) is 0 Å². The quantitative estimate of drug-likeness (QED) is 0.0721. The Labute approximate surface area is 359 Å². The molecule has 29 heteroatoms. The Morgan fingerprint density at radius 1 is 0.629 bits per heavy atom. The third-order valence-electron chi connectivity index (χ3n) is 8.26. The van der Waals surface area contributed by atoms with Crippen LogP contribution in [0.4, 0.5) is 0 Å². The van der Waals surface area contributed by atoms with Crippen LogP contribution in [0.2, 0.25) is 0 Å². The van der Waals surface area contributed by atoms with Gasteiger partial charge in [0.05, 0.1) is 19.1 Å². The summed E-state index contributed by atoms with van der Waals surface area (Å²) in [5, 5.41) is 65.0. The largest absolute Gasteiger partial charge is 0.481 e. The molecule has 346 valence electrons. The van der Waals surface area contributed by atoms with E-state index in [0.29, 0.717) is 0 Å². The summed E-state index contributed by atoms with van der Waals surface area (Å²) in [4.78, 5) is 163. The maximum Gasteiger partial charge on any atom is 0.305 e. The predicted octanol–water partition coefficient (Wildman–Crippen LogP) is -6.15. The lowest BCUT2D eigenvalue weighted by Crippen LogP contribution is -2.61. The topological polar surface area (TPSA) is 445 Å². The molecule has 1 aliphatic rings. The van der Waals surface area contributed by atoms with Crippen molar-refractivity contribution >= 4 is 98.6 Å². The molecule has 1 heterocycles. The number of primary amides is 1. The van der Waals surface area contributed by atoms with Gasteiger partial charge in [0.15, 0.2) is 0 Å². The third kappa shape index (κ3) is 20.8. The SMILES string of the molecule is CC(=O)N[C@H]1CSSC[C@@H](C(N)=O)NC(=O)[C@H](CCC(=O)O)NC(=O)CNC(=O)[C@H]([C@@H](C)O)NC(=O)[C@H](CCC(=O)O)NC(=O)[C@H](CCC(=O)O)NC(=O)[C@H](CC(=O)O)NC1=O. The second-order valence-corrected chi connectivity index (χ2v) is 16.0. The summed E-state index contributed by atoms with van der Waals surface area (Å²) in [6, 6.07) is -12.3. The van der Waals surface area contributed by atoms with Gasteiger partial charge in [0.25, 0.3) is 0 Å². The lowest BCUT2D eigenvalue weighted by molar-refractivity contribution is -0.142. The monoisotopic (exact) mass is 923 g/mol. The van der Waals surface area contributed by atoms with Gasteiger partial charge in [-0.05, 0) is 26.2 Å². The Hall–Kier alpha value is -6.23. The van der Waals surface area contributed by atoms with Crippen LogP contribution in [-0.2, 0) is 62.3 Å². The number of carboxylic acid groups (broad SMARTS) is 4. The molecule has 0 radical (unpaired) electrons. The summed E-state index contributed by atoms with van der Waals surface area (Å²) < 4.78 is 0. The summed E-state index contributed by atoms with van der Waals surface area (Å²) in [7, 11) is 1.65. The zero-order chi connectivity index (χ0) is 47.3. The lowest BCUT2D eigenvalue weighted by Gasteiger charge is -2.27. The molecular weight excluding hydrogens is 875 g/mol. The van der Waals surface area contributed by atoms with Gasteiger partial charge in [0.1, 0.15) is 42.3 Å². The molecule has 0 aliphatic carbocycles. The van der Waals surface area contributed by atoms with Gasteiger partial charge in [0.2, 0.25) is 53.2 Å². The number of aliphatic hydroxyl groups excluding tert-OH is 1. The Morgan fingerprint density at radius 3 is 1.52 bits per heavy atom. The smallest absolute Gasteiger partial charge is 0.305 e. The Balaban J connectivity index is 3.76. The van der Waals surface area contributed by atoms with Crippen molar-refractivity contribution < 1.29 is 87.9 Å². The van der Waals surface area contributed by atoms with Crippen molar-refractivity contribution in [3.63, 3.8) is 0 Å². The predicted molar refractivity (Wildman–Crippen MR) is 211 cm³/mol. The molecule has 1 rings (SSSR count). The first-order chi connectivity index (χ1) is 28.9. The van der Waals surface area contributed by atoms with Crippen LogP contribution in [0.15, 0.2) is 0 Å². The van der Waals surface area contributed by atoms with Gasteiger partial charge in [-0.1, -0.05) is 21.6 Å². The number of hydrogen-bond donors (Lipinski definition) is 14. The van der Waals surface area contributed by atoms with Gasteiger partial charge in [-0.2, -0.15) is 0 Å². The molecule has 0 spiro atoms. The van der Waals surface area contributed by atoms with Crippen LogP contribution in [0.1, 0.15) is 58.8 Å². The molecule has 15 N–H and O–H groups in total. The van der Waals surface area contributed by atoms with E-state index in [4.69, 9.17) is 5.73 Å². The zero-order valence-corrected chi connectivity index (χ0v) is 34.8. The lowest BCUT2D eigenvalue weighted by atomic mass is 10.0. The van der Waals surface area contributed by atoms with E-state index >= 15 is 0 Å². The summed E-state index contributed by atoms with van der Waals surface area (Å²) in [6.45, 7) is 1.10. The van der Waals surface area contributed by atoms with Gasteiger partial charge in [-0.3, -0.25) is 62.3 Å². The summed E-state index contributed by atoms with van der Waals surface area (Å²) in [5.41, 5.74) is 5.44. The molecule has 27 nitrogen and oxygen atoms in total. The maximum atomic E-state index is 13.5. The number of nitrogens with one attached hydrogen (secondary N) is 8. The van der Waals surface area contributed by atoms with Gasteiger partial charge in [-0.15, -0.1) is 0 Å². The van der Waals surface area contributed by atoms with Crippen LogP contribution >= 0.6 is 21.6 Å². The third-order valence-corrected chi connectivity index (χ3v) is 10.7. The molecule has 0 aromatic carbocycles. The van der Waals surface area contributed by atoms with E-state index in [-0.39, 0.29) is 11.5 Å². The fourth-order valence-electron chi connectivity index (χ4n) is 5.12. The summed E-state index contributed by atoms with van der Waals surface area (Å²) in [6.07, 6.45) is -7.08. The highest BCUT2D eigenvalue weighted by molar-refractivity contribution is 8.76. The second kappa shape index (κ2) is 26.9. The molecule has 1 saturated heterocycles. The normalized spacial score (nSPS) is 24.8. The molecule has 0 bridgehead atoms. The Kier molecular flexibility index (Phi) is 23.3. The summed E-state index contributed by atoms with van der Waals surface area (Å²) in [5.74, 6) is -17.0. The molecule has 62 heavy (non-hydrogen) atoms. The van der Waals surface area contributed by atoms with Gasteiger partial charge < -0.3 is 73.8 Å². The van der Waals surface area contributed by atoms with Crippen LogP contribution in [0.5, 0.6) is 0 Å². The van der Waals surface area contributed by atoms with Crippen molar-refractivity contribution in [3.8, 4) is 0 Å². The minimum Gasteiger partial charge on any atom is -0.481 e. The van der Waals surface area contributed by atoms with Crippen LogP contribution in [-0.4, -0.2) is 169 Å². The highest BCUT2D eigenvalue weighted by Gasteiger charge is 2.35. The maximum absolute atomic E-state index is 13.5. The van der Waals surface area contributed by atoms with Crippen LogP contribution in [0.25, 0.3) is 0 Å². The molecule has 1 fully saturated rings. The van der Waals surface area contributed by atoms with Gasteiger partial charge in [0, 0.05) is 37.7 Å². The van der Waals surface area contributed by atoms with Gasteiger partial charge in [-0.25, -0.2) is 0 Å². The first-order valence-electron chi connectivity index (χ1n) is 18.4. The summed E-state index contributed by atoms with van der Waals surface area (Å²) >= 11 is 0. The molecule has 8 atom stereocenters. The van der Waals surface area contributed by atoms with Crippen LogP contribution in [0, 0.1) is 0 Å². The number of rotatable bonds is 14. The molecule has 9 amide bonds. The van der Waals surface area contributed by atoms with Gasteiger partial charge >= 0.3 is 23.9 Å². The number of nitrogens with two attached hydrogens (primary N) is 1. The standard InChI is InChI=1S/C33H49N9O18S2/c1-13(43)26-33(60)35-10-21(45)37-15(3-6-22(46)47)28(55)41-19(27(34)54)11-61-62-12-20(36-14(2)44)32(59)40-18(9-25(52)53)31(58)39-16(4-7-23(48)49)29(56)38-17(30(57)42-26)5-8-24(50)51/h13,15-20,26,43H,3-12H2,1-2H3,(H2,34,54)(H,35,60)(H,36,44)(H,37,45)(H,38,56)(H,39,58)(H,40,59)(H,41,55)(H,42,57)(H,46,47)(H,48,49)(H,50,51)(H,52,53)/t13-,15+,16+,17+,18+,19+,20+,26+/m1/s1. The van der Waals surface area contributed by atoms with Crippen LogP contribution in [0.3, 0.4) is 0 Å². The molecule has 0 unspecified atom stereocenters. The van der Waals surface area contributed by atoms with Crippen molar-refractivity contribution in [3.05, 3.63) is 0 Å². The fourth-order valence-corrected chi connectivity index (χ4v) is 7.46. The van der Waals surface area contributed by atoms with Crippen LogP contribution < -0.4 is 48.3 Å². The van der Waals surface area contributed by atoms with Crippen molar-refractivity contribution in [2.75, 3.05) is 18.1 Å². The van der Waals surface area contributed by atoms with E-state index in [2.05, 4.69) is 42.5 Å². The Bertz CT molecular complexity index is 1730. The first-order valence-corrected chi connectivity index (χ1v) is 20.8. The number of carbonyl (C=O) groups is 13. The number of hydrogen-bond acceptors (Lipinski definition) is 16. The first kappa shape index (κ1) is 53.8. The number of aliphatic carboxylic acids is 4. The number of amides is 9. The van der Waals surface area contributed by atoms with E-state index in [1.807, 2.05) is 0 Å². The average molecular weight is 924 g/mol.